The monoisotopic (exact) mass is 388 g/mol. The second-order valence-corrected chi connectivity index (χ2v) is 6.77. The fourth-order valence-electron chi connectivity index (χ4n) is 2.67. The summed E-state index contributed by atoms with van der Waals surface area (Å²) in [6.45, 7) is 0.582. The third kappa shape index (κ3) is 3.43. The lowest BCUT2D eigenvalue weighted by molar-refractivity contribution is 0.0185. The molecule has 0 saturated carbocycles. The first kappa shape index (κ1) is 16.5. The molecule has 1 fully saturated rings. The number of alkyl halides is 1. The Balaban J connectivity index is 1.93. The minimum absolute atomic E-state index is 0.0118. The van der Waals surface area contributed by atoms with Crippen molar-refractivity contribution in [1.29, 1.82) is 0 Å². The zero-order valence-corrected chi connectivity index (χ0v) is 13.5. The molecule has 0 spiro atoms. The van der Waals surface area contributed by atoms with Gasteiger partial charge in [-0.3, -0.25) is 0 Å². The van der Waals surface area contributed by atoms with Crippen molar-refractivity contribution in [2.45, 2.75) is 23.8 Å². The van der Waals surface area contributed by atoms with Gasteiger partial charge in [0.2, 0.25) is 0 Å². The van der Waals surface area contributed by atoms with Crippen molar-refractivity contribution in [2.75, 3.05) is 6.61 Å². The Morgan fingerprint density at radius 2 is 1.65 bits per heavy atom. The molecule has 0 aromatic heterocycles. The molecular weight excluding hydrogens is 376 g/mol. The molecule has 1 aliphatic rings. The van der Waals surface area contributed by atoms with Crippen LogP contribution in [0.4, 0.5) is 17.6 Å². The fraction of sp³-hybridized carbons (Fsp3) is 0.294. The maximum atomic E-state index is 14.3. The summed E-state index contributed by atoms with van der Waals surface area (Å²) in [5, 5.41) is 0. The summed E-state index contributed by atoms with van der Waals surface area (Å²) in [5.74, 6) is -4.89. The highest BCUT2D eigenvalue weighted by molar-refractivity contribution is 9.09. The van der Waals surface area contributed by atoms with Gasteiger partial charge in [-0.15, -0.1) is 0 Å². The lowest BCUT2D eigenvalue weighted by atomic mass is 9.97. The average Bonchev–Trinajstić information content (AvgIpc) is 2.52. The Hall–Kier alpha value is -1.40. The first-order valence-corrected chi connectivity index (χ1v) is 8.07. The van der Waals surface area contributed by atoms with Gasteiger partial charge >= 0.3 is 0 Å². The van der Waals surface area contributed by atoms with Crippen molar-refractivity contribution < 1.29 is 22.3 Å². The van der Waals surface area contributed by atoms with E-state index in [2.05, 4.69) is 15.9 Å². The van der Waals surface area contributed by atoms with Crippen LogP contribution in [0.2, 0.25) is 0 Å². The van der Waals surface area contributed by atoms with E-state index >= 15 is 0 Å². The van der Waals surface area contributed by atoms with Gasteiger partial charge in [0.15, 0.2) is 17.5 Å². The molecule has 1 nitrogen and oxygen atoms in total. The molecule has 23 heavy (non-hydrogen) atoms. The topological polar surface area (TPSA) is 9.23 Å². The van der Waals surface area contributed by atoms with Crippen molar-refractivity contribution in [3.63, 3.8) is 0 Å². The minimum atomic E-state index is -1.57. The van der Waals surface area contributed by atoms with Gasteiger partial charge in [0.1, 0.15) is 5.82 Å². The Kier molecular flexibility index (Phi) is 4.73. The van der Waals surface area contributed by atoms with E-state index < -0.39 is 23.3 Å². The third-order valence-corrected chi connectivity index (χ3v) is 4.71. The summed E-state index contributed by atoms with van der Waals surface area (Å²) in [5.41, 5.74) is 0.629. The first-order valence-electron chi connectivity index (χ1n) is 7.15. The number of hydrogen-bond acceptors (Lipinski definition) is 1. The van der Waals surface area contributed by atoms with E-state index in [1.54, 1.807) is 6.07 Å². The maximum Gasteiger partial charge on any atom is 0.194 e. The van der Waals surface area contributed by atoms with Crippen LogP contribution in [0.15, 0.2) is 30.3 Å². The number of ether oxygens (including phenoxy) is 1. The molecule has 3 rings (SSSR count). The van der Waals surface area contributed by atoms with Gasteiger partial charge in [-0.1, -0.05) is 28.1 Å². The van der Waals surface area contributed by atoms with E-state index in [0.717, 1.165) is 25.0 Å². The SMILES string of the molecule is Fc1cc(C2CC(Br)CCO2)ccc1-c1cc(F)c(F)c(F)c1. The Morgan fingerprint density at radius 1 is 0.957 bits per heavy atom. The molecule has 1 heterocycles. The molecular formula is C17H13BrF4O. The van der Waals surface area contributed by atoms with Gasteiger partial charge in [0.05, 0.1) is 6.10 Å². The normalized spacial score (nSPS) is 21.4. The largest absolute Gasteiger partial charge is 0.373 e. The van der Waals surface area contributed by atoms with Crippen molar-refractivity contribution in [2.24, 2.45) is 0 Å². The molecule has 1 aliphatic heterocycles. The maximum absolute atomic E-state index is 14.3. The summed E-state index contributed by atoms with van der Waals surface area (Å²) >= 11 is 3.53. The number of rotatable bonds is 2. The van der Waals surface area contributed by atoms with Crippen molar-refractivity contribution in [3.8, 4) is 11.1 Å². The molecule has 0 N–H and O–H groups in total. The summed E-state index contributed by atoms with van der Waals surface area (Å²) in [6.07, 6.45) is 1.39. The Bertz CT molecular complexity index is 712. The van der Waals surface area contributed by atoms with Crippen LogP contribution in [0, 0.1) is 23.3 Å². The fourth-order valence-corrected chi connectivity index (χ4v) is 3.19. The van der Waals surface area contributed by atoms with Crippen molar-refractivity contribution in [3.05, 3.63) is 59.2 Å². The summed E-state index contributed by atoms with van der Waals surface area (Å²) in [6, 6.07) is 5.94. The van der Waals surface area contributed by atoms with Crippen LogP contribution in [0.25, 0.3) is 11.1 Å². The predicted molar refractivity (Wildman–Crippen MR) is 82.4 cm³/mol. The van der Waals surface area contributed by atoms with Crippen molar-refractivity contribution in [1.82, 2.24) is 0 Å². The Labute approximate surface area is 139 Å². The molecule has 2 atom stereocenters. The second kappa shape index (κ2) is 6.61. The minimum Gasteiger partial charge on any atom is -0.373 e. The third-order valence-electron chi connectivity index (χ3n) is 3.88. The smallest absolute Gasteiger partial charge is 0.194 e. The number of benzene rings is 2. The number of hydrogen-bond donors (Lipinski definition) is 0. The van der Waals surface area contributed by atoms with E-state index in [1.807, 2.05) is 0 Å². The van der Waals surface area contributed by atoms with Crippen LogP contribution in [0.3, 0.4) is 0 Å². The lowest BCUT2D eigenvalue weighted by Crippen LogP contribution is -2.19. The van der Waals surface area contributed by atoms with E-state index in [0.29, 0.717) is 17.0 Å². The zero-order valence-electron chi connectivity index (χ0n) is 12.0. The van der Waals surface area contributed by atoms with Gasteiger partial charge < -0.3 is 4.74 Å². The molecule has 6 heteroatoms. The van der Waals surface area contributed by atoms with Crippen LogP contribution in [0.1, 0.15) is 24.5 Å². The lowest BCUT2D eigenvalue weighted by Gasteiger charge is -2.26. The van der Waals surface area contributed by atoms with E-state index in [1.165, 1.54) is 12.1 Å². The van der Waals surface area contributed by atoms with Gasteiger partial charge in [0, 0.05) is 17.0 Å². The molecule has 1 saturated heterocycles. The van der Waals surface area contributed by atoms with Crippen LogP contribution < -0.4 is 0 Å². The second-order valence-electron chi connectivity index (χ2n) is 5.47. The highest BCUT2D eigenvalue weighted by Gasteiger charge is 2.23. The van der Waals surface area contributed by atoms with Crippen LogP contribution in [0.5, 0.6) is 0 Å². The highest BCUT2D eigenvalue weighted by atomic mass is 79.9. The molecule has 0 amide bonds. The molecule has 0 radical (unpaired) electrons. The summed E-state index contributed by atoms with van der Waals surface area (Å²) in [7, 11) is 0. The zero-order chi connectivity index (χ0) is 16.6. The predicted octanol–water partition coefficient (Wildman–Crippen LogP) is 5.53. The van der Waals surface area contributed by atoms with Gasteiger partial charge in [-0.2, -0.15) is 0 Å². The van der Waals surface area contributed by atoms with E-state index in [-0.39, 0.29) is 17.2 Å². The molecule has 2 unspecified atom stereocenters. The summed E-state index contributed by atoms with van der Waals surface area (Å²) < 4.78 is 59.6. The van der Waals surface area contributed by atoms with Gasteiger partial charge in [0.25, 0.3) is 0 Å². The molecule has 122 valence electrons. The number of halogens is 5. The van der Waals surface area contributed by atoms with Crippen LogP contribution in [-0.2, 0) is 4.74 Å². The molecule has 0 bridgehead atoms. The van der Waals surface area contributed by atoms with Crippen LogP contribution >= 0.6 is 15.9 Å². The van der Waals surface area contributed by atoms with Crippen molar-refractivity contribution >= 4 is 15.9 Å². The highest BCUT2D eigenvalue weighted by Crippen LogP contribution is 2.34. The average molecular weight is 389 g/mol. The van der Waals surface area contributed by atoms with Gasteiger partial charge in [-0.25, -0.2) is 17.6 Å². The molecule has 0 aliphatic carbocycles. The van der Waals surface area contributed by atoms with E-state index in [9.17, 15) is 17.6 Å². The quantitative estimate of drug-likeness (QED) is 0.373. The summed E-state index contributed by atoms with van der Waals surface area (Å²) in [4.78, 5) is 0.310. The van der Waals surface area contributed by atoms with Crippen LogP contribution in [-0.4, -0.2) is 11.4 Å². The Morgan fingerprint density at radius 3 is 2.26 bits per heavy atom. The van der Waals surface area contributed by atoms with Gasteiger partial charge in [-0.05, 0) is 42.2 Å². The first-order chi connectivity index (χ1) is 11.0. The van der Waals surface area contributed by atoms with E-state index in [4.69, 9.17) is 4.74 Å². The molecule has 2 aromatic rings. The molecule has 2 aromatic carbocycles. The standard InChI is InChI=1S/C17H13BrF4O/c18-11-3-4-23-16(8-11)9-1-2-12(13(19)5-9)10-6-14(20)17(22)15(21)7-10/h1-2,5-7,11,16H,3-4,8H2.